The average Bonchev–Trinajstić information content (AvgIpc) is 3.59. The maximum Gasteiger partial charge on any atom is 0.308 e. The van der Waals surface area contributed by atoms with Crippen LogP contribution < -0.4 is 5.32 Å². The third-order valence-corrected chi connectivity index (χ3v) is 8.06. The normalized spacial score (nSPS) is 25.5. The minimum atomic E-state index is -0.925. The standard InChI is InChI=1S/C26H24F3N5O2/c27-14-8-15-22(18(28)9-14)33-34-24(15)23-17(10-30)19(12-4-5-12)20(29)25(32-23)31-21-13-3-1-2-11(6-13)7-16(21)26(35)36/h8-9,11-13,16,21H,1-7H2,(H,31,32)(H,33,34)(H,35,36). The summed E-state index contributed by atoms with van der Waals surface area (Å²) in [4.78, 5) is 16.6. The van der Waals surface area contributed by atoms with E-state index in [1.165, 1.54) is 0 Å². The molecule has 0 aliphatic heterocycles. The first-order valence-electron chi connectivity index (χ1n) is 12.3. The molecule has 4 unspecified atom stereocenters. The predicted octanol–water partition coefficient (Wildman–Crippen LogP) is 5.48. The van der Waals surface area contributed by atoms with Crippen molar-refractivity contribution in [3.05, 3.63) is 40.7 Å². The summed E-state index contributed by atoms with van der Waals surface area (Å²) in [6, 6.07) is 3.34. The Morgan fingerprint density at radius 2 is 1.97 bits per heavy atom. The molecule has 2 aromatic heterocycles. The quantitative estimate of drug-likeness (QED) is 0.432. The minimum Gasteiger partial charge on any atom is -0.481 e. The molecule has 3 fully saturated rings. The van der Waals surface area contributed by atoms with Gasteiger partial charge in [-0.1, -0.05) is 12.8 Å². The number of hydrogen-bond donors (Lipinski definition) is 3. The molecule has 6 rings (SSSR count). The number of benzene rings is 1. The van der Waals surface area contributed by atoms with Crippen LogP contribution in [-0.4, -0.2) is 32.3 Å². The Labute approximate surface area is 204 Å². The van der Waals surface area contributed by atoms with E-state index in [0.29, 0.717) is 31.2 Å². The molecule has 1 aromatic carbocycles. The molecule has 0 saturated heterocycles. The first-order valence-corrected chi connectivity index (χ1v) is 12.3. The van der Waals surface area contributed by atoms with Gasteiger partial charge in [0.15, 0.2) is 17.5 Å². The second-order valence-corrected chi connectivity index (χ2v) is 10.3. The second-order valence-electron chi connectivity index (χ2n) is 10.3. The zero-order valence-electron chi connectivity index (χ0n) is 19.3. The van der Waals surface area contributed by atoms with E-state index in [4.69, 9.17) is 0 Å². The Morgan fingerprint density at radius 1 is 1.17 bits per heavy atom. The van der Waals surface area contributed by atoms with E-state index < -0.39 is 35.4 Å². The zero-order valence-corrected chi connectivity index (χ0v) is 19.3. The lowest BCUT2D eigenvalue weighted by Crippen LogP contribution is -2.47. The maximum absolute atomic E-state index is 15.9. The van der Waals surface area contributed by atoms with Crippen molar-refractivity contribution in [2.75, 3.05) is 5.32 Å². The zero-order chi connectivity index (χ0) is 25.1. The Morgan fingerprint density at radius 3 is 2.69 bits per heavy atom. The number of carboxylic acids is 1. The highest BCUT2D eigenvalue weighted by Crippen LogP contribution is 2.48. The van der Waals surface area contributed by atoms with Gasteiger partial charge >= 0.3 is 5.97 Å². The summed E-state index contributed by atoms with van der Waals surface area (Å²) in [5, 5.41) is 29.7. The molecule has 36 heavy (non-hydrogen) atoms. The second kappa shape index (κ2) is 8.50. The number of H-pyrrole nitrogens is 1. The highest BCUT2D eigenvalue weighted by molar-refractivity contribution is 5.94. The van der Waals surface area contributed by atoms with Crippen LogP contribution in [0.4, 0.5) is 19.0 Å². The van der Waals surface area contributed by atoms with Gasteiger partial charge in [0.25, 0.3) is 0 Å². The molecule has 3 N–H and O–H groups in total. The summed E-state index contributed by atoms with van der Waals surface area (Å²) in [5.41, 5.74) is 0.234. The number of anilines is 1. The first kappa shape index (κ1) is 22.8. The number of aromatic amines is 1. The number of halogens is 3. The van der Waals surface area contributed by atoms with E-state index in [1.54, 1.807) is 0 Å². The molecular formula is C26H24F3N5O2. The molecule has 0 radical (unpaired) electrons. The fraction of sp³-hybridized carbons (Fsp3) is 0.462. The van der Waals surface area contributed by atoms with Crippen LogP contribution in [0.3, 0.4) is 0 Å². The van der Waals surface area contributed by atoms with Gasteiger partial charge in [-0.05, 0) is 55.9 Å². The molecule has 3 aliphatic rings. The number of hydrogen-bond acceptors (Lipinski definition) is 5. The lowest BCUT2D eigenvalue weighted by atomic mass is 9.65. The number of aliphatic carboxylic acids is 1. The van der Waals surface area contributed by atoms with E-state index in [2.05, 4.69) is 20.5 Å². The Kier molecular flexibility index (Phi) is 5.39. The number of nitrogens with zero attached hydrogens (tertiary/aromatic N) is 3. The van der Waals surface area contributed by atoms with Crippen LogP contribution in [0.5, 0.6) is 0 Å². The topological polar surface area (TPSA) is 115 Å². The number of nitrogens with one attached hydrogen (secondary N) is 2. The van der Waals surface area contributed by atoms with E-state index in [0.717, 1.165) is 31.7 Å². The number of carbonyl (C=O) groups is 1. The summed E-state index contributed by atoms with van der Waals surface area (Å²) < 4.78 is 44.3. The van der Waals surface area contributed by atoms with Gasteiger partial charge in [0.05, 0.1) is 17.2 Å². The predicted molar refractivity (Wildman–Crippen MR) is 124 cm³/mol. The van der Waals surface area contributed by atoms with E-state index in [9.17, 15) is 23.9 Å². The summed E-state index contributed by atoms with van der Waals surface area (Å²) in [6.45, 7) is 0. The Balaban J connectivity index is 1.51. The molecule has 0 spiro atoms. The van der Waals surface area contributed by atoms with E-state index in [1.807, 2.05) is 6.07 Å². The van der Waals surface area contributed by atoms with Crippen molar-refractivity contribution in [2.45, 2.75) is 56.9 Å². The first-order chi connectivity index (χ1) is 17.4. The van der Waals surface area contributed by atoms with Crippen LogP contribution in [0.1, 0.15) is 62.0 Å². The number of fused-ring (bicyclic) bond motifs is 3. The van der Waals surface area contributed by atoms with Crippen LogP contribution in [0.2, 0.25) is 0 Å². The largest absolute Gasteiger partial charge is 0.481 e. The summed E-state index contributed by atoms with van der Waals surface area (Å²) >= 11 is 0. The lowest BCUT2D eigenvalue weighted by molar-refractivity contribution is -0.145. The summed E-state index contributed by atoms with van der Waals surface area (Å²) in [7, 11) is 0. The Hall–Kier alpha value is -3.61. The van der Waals surface area contributed by atoms with Crippen LogP contribution in [0.25, 0.3) is 22.3 Å². The average molecular weight is 496 g/mol. The number of aromatic nitrogens is 3. The van der Waals surface area contributed by atoms with Crippen molar-refractivity contribution >= 4 is 22.7 Å². The minimum absolute atomic E-state index is 0.00747. The molecule has 7 nitrogen and oxygen atoms in total. The van der Waals surface area contributed by atoms with Crippen molar-refractivity contribution in [1.29, 1.82) is 5.26 Å². The number of nitriles is 1. The molecular weight excluding hydrogens is 471 g/mol. The van der Waals surface area contributed by atoms with Gasteiger partial charge in [0.1, 0.15) is 23.1 Å². The van der Waals surface area contributed by atoms with Gasteiger partial charge < -0.3 is 10.4 Å². The van der Waals surface area contributed by atoms with Crippen LogP contribution in [0, 0.1) is 46.5 Å². The number of pyridine rings is 1. The van der Waals surface area contributed by atoms with E-state index >= 15 is 4.39 Å². The van der Waals surface area contributed by atoms with Gasteiger partial charge in [0.2, 0.25) is 0 Å². The molecule has 2 bridgehead atoms. The lowest BCUT2D eigenvalue weighted by Gasteiger charge is -2.44. The summed E-state index contributed by atoms with van der Waals surface area (Å²) in [6.07, 6.45) is 5.66. The molecule has 10 heteroatoms. The highest BCUT2D eigenvalue weighted by Gasteiger charge is 2.44. The third-order valence-electron chi connectivity index (χ3n) is 8.06. The van der Waals surface area contributed by atoms with Crippen LogP contribution in [-0.2, 0) is 4.79 Å². The molecule has 3 aliphatic carbocycles. The van der Waals surface area contributed by atoms with Gasteiger partial charge in [-0.25, -0.2) is 18.2 Å². The molecule has 0 amide bonds. The number of rotatable bonds is 5. The smallest absolute Gasteiger partial charge is 0.308 e. The Bertz CT molecular complexity index is 1430. The third kappa shape index (κ3) is 3.69. The van der Waals surface area contributed by atoms with Gasteiger partial charge in [-0.2, -0.15) is 10.4 Å². The molecule has 2 heterocycles. The van der Waals surface area contributed by atoms with Crippen molar-refractivity contribution in [1.82, 2.24) is 15.2 Å². The molecule has 186 valence electrons. The summed E-state index contributed by atoms with van der Waals surface area (Å²) in [5.74, 6) is -3.85. The van der Waals surface area contributed by atoms with Crippen molar-refractivity contribution in [3.63, 3.8) is 0 Å². The van der Waals surface area contributed by atoms with Gasteiger partial charge in [0, 0.05) is 23.1 Å². The fourth-order valence-electron chi connectivity index (χ4n) is 6.29. The van der Waals surface area contributed by atoms with Crippen molar-refractivity contribution in [3.8, 4) is 17.5 Å². The highest BCUT2D eigenvalue weighted by atomic mass is 19.1. The van der Waals surface area contributed by atoms with Gasteiger partial charge in [-0.3, -0.25) is 9.89 Å². The monoisotopic (exact) mass is 495 g/mol. The maximum atomic E-state index is 15.9. The van der Waals surface area contributed by atoms with Crippen LogP contribution >= 0.6 is 0 Å². The SMILES string of the molecule is N#Cc1c(-c2[nH]nc3c(F)cc(F)cc23)nc(NC2C3CCCC(C3)CC2C(=O)O)c(F)c1C1CC1. The van der Waals surface area contributed by atoms with E-state index in [-0.39, 0.29) is 51.1 Å². The number of carboxylic acid groups (broad SMARTS) is 1. The fourth-order valence-corrected chi connectivity index (χ4v) is 6.29. The van der Waals surface area contributed by atoms with Crippen molar-refractivity contribution in [2.24, 2.45) is 17.8 Å². The van der Waals surface area contributed by atoms with Crippen LogP contribution in [0.15, 0.2) is 12.1 Å². The molecule has 3 saturated carbocycles. The molecule has 4 atom stereocenters. The van der Waals surface area contributed by atoms with Crippen molar-refractivity contribution < 1.29 is 23.1 Å². The molecule has 3 aromatic rings. The van der Waals surface area contributed by atoms with Gasteiger partial charge in [-0.15, -0.1) is 0 Å².